The van der Waals surface area contributed by atoms with Crippen LogP contribution in [-0.2, 0) is 11.2 Å². The van der Waals surface area contributed by atoms with E-state index in [1.165, 1.54) is 0 Å². The molecule has 1 fully saturated rings. The molecule has 6 nitrogen and oxygen atoms in total. The van der Waals surface area contributed by atoms with Crippen LogP contribution in [0.15, 0.2) is 47.3 Å². The van der Waals surface area contributed by atoms with Crippen molar-refractivity contribution in [3.8, 4) is 0 Å². The van der Waals surface area contributed by atoms with E-state index in [1.807, 2.05) is 18.3 Å². The second-order valence-corrected chi connectivity index (χ2v) is 7.83. The fourth-order valence-electron chi connectivity index (χ4n) is 4.20. The highest BCUT2D eigenvalue weighted by Gasteiger charge is 2.32. The summed E-state index contributed by atoms with van der Waals surface area (Å²) in [4.78, 5) is 9.54. The third-order valence-electron chi connectivity index (χ3n) is 5.36. The molecule has 4 heterocycles. The first-order chi connectivity index (χ1) is 13.1. The minimum atomic E-state index is -0.145. The number of benzene rings is 1. The number of ether oxygens (including phenoxy) is 1. The monoisotopic (exact) mass is 362 g/mol. The number of hydrogen-bond acceptors (Lipinski definition) is 5. The van der Waals surface area contributed by atoms with Crippen LogP contribution >= 0.6 is 0 Å². The van der Waals surface area contributed by atoms with Gasteiger partial charge in [0.2, 0.25) is 0 Å². The topological polar surface area (TPSA) is 66.0 Å². The van der Waals surface area contributed by atoms with E-state index in [-0.39, 0.29) is 5.60 Å². The molecule has 4 aromatic rings. The van der Waals surface area contributed by atoms with E-state index < -0.39 is 0 Å². The van der Waals surface area contributed by atoms with Crippen molar-refractivity contribution in [1.29, 1.82) is 0 Å². The summed E-state index contributed by atoms with van der Waals surface area (Å²) in [7, 11) is 0. The number of hydrogen-bond donors (Lipinski definition) is 0. The first kappa shape index (κ1) is 16.4. The lowest BCUT2D eigenvalue weighted by Crippen LogP contribution is -2.35. The Hall–Kier alpha value is -2.73. The first-order valence-corrected chi connectivity index (χ1v) is 9.38. The standard InChI is InChI=1S/C21H22N4O2/c1-21(2)12-15(8-9-26-21)25-19(11-14-7-10-27-24-14)23-18-13-22-17-6-4-3-5-16(17)20(18)25/h3-7,10,13,15H,8-9,11-12H2,1-2H3. The van der Waals surface area contributed by atoms with Crippen LogP contribution in [0.5, 0.6) is 0 Å². The normalized spacial score (nSPS) is 19.7. The summed E-state index contributed by atoms with van der Waals surface area (Å²) in [6, 6.07) is 10.5. The molecule has 6 heteroatoms. The maximum Gasteiger partial charge on any atom is 0.124 e. The molecule has 1 aromatic carbocycles. The molecule has 0 amide bonds. The van der Waals surface area contributed by atoms with Gasteiger partial charge in [-0.25, -0.2) is 4.98 Å². The van der Waals surface area contributed by atoms with Gasteiger partial charge in [-0.1, -0.05) is 23.4 Å². The van der Waals surface area contributed by atoms with Crippen molar-refractivity contribution >= 4 is 21.9 Å². The van der Waals surface area contributed by atoms with E-state index in [9.17, 15) is 0 Å². The van der Waals surface area contributed by atoms with Crippen molar-refractivity contribution in [2.24, 2.45) is 0 Å². The summed E-state index contributed by atoms with van der Waals surface area (Å²) in [5, 5.41) is 5.23. The van der Waals surface area contributed by atoms with E-state index in [1.54, 1.807) is 6.26 Å². The Balaban J connectivity index is 1.74. The van der Waals surface area contributed by atoms with E-state index in [0.717, 1.165) is 52.9 Å². The number of fused-ring (bicyclic) bond motifs is 3. The Morgan fingerprint density at radius 3 is 2.89 bits per heavy atom. The highest BCUT2D eigenvalue weighted by Crippen LogP contribution is 2.37. The molecule has 1 aliphatic rings. The van der Waals surface area contributed by atoms with Gasteiger partial charge in [-0.2, -0.15) is 0 Å². The fraction of sp³-hybridized carbons (Fsp3) is 0.381. The van der Waals surface area contributed by atoms with Gasteiger partial charge in [0.25, 0.3) is 0 Å². The number of aromatic nitrogens is 4. The van der Waals surface area contributed by atoms with Crippen LogP contribution in [-0.4, -0.2) is 31.9 Å². The lowest BCUT2D eigenvalue weighted by molar-refractivity contribution is -0.0688. The Labute approximate surface area is 157 Å². The molecule has 1 atom stereocenters. The second kappa shape index (κ2) is 6.16. The molecule has 27 heavy (non-hydrogen) atoms. The van der Waals surface area contributed by atoms with Crippen LogP contribution in [0.3, 0.4) is 0 Å². The minimum absolute atomic E-state index is 0.145. The molecule has 3 aromatic heterocycles. The van der Waals surface area contributed by atoms with Gasteiger partial charge in [-0.05, 0) is 32.8 Å². The number of nitrogens with zero attached hydrogens (tertiary/aromatic N) is 4. The van der Waals surface area contributed by atoms with Crippen LogP contribution < -0.4 is 0 Å². The fourth-order valence-corrected chi connectivity index (χ4v) is 4.20. The van der Waals surface area contributed by atoms with Crippen LogP contribution in [0.1, 0.15) is 44.2 Å². The SMILES string of the molecule is CC1(C)CC(n2c(Cc3ccon3)nc3cnc4ccccc4c32)CCO1. The molecular formula is C21H22N4O2. The summed E-state index contributed by atoms with van der Waals surface area (Å²) in [5.41, 5.74) is 3.81. The van der Waals surface area contributed by atoms with Gasteiger partial charge in [0.1, 0.15) is 17.6 Å². The average molecular weight is 362 g/mol. The lowest BCUT2D eigenvalue weighted by Gasteiger charge is -2.37. The minimum Gasteiger partial charge on any atom is -0.375 e. The van der Waals surface area contributed by atoms with E-state index in [0.29, 0.717) is 12.5 Å². The summed E-state index contributed by atoms with van der Waals surface area (Å²) >= 11 is 0. The van der Waals surface area contributed by atoms with Crippen molar-refractivity contribution in [1.82, 2.24) is 19.7 Å². The Morgan fingerprint density at radius 2 is 2.07 bits per heavy atom. The van der Waals surface area contributed by atoms with Gasteiger partial charge in [-0.15, -0.1) is 0 Å². The van der Waals surface area contributed by atoms with Crippen molar-refractivity contribution in [2.45, 2.75) is 44.8 Å². The summed E-state index contributed by atoms with van der Waals surface area (Å²) in [5.74, 6) is 1.000. The number of imidazole rings is 1. The smallest absolute Gasteiger partial charge is 0.124 e. The Morgan fingerprint density at radius 1 is 1.19 bits per heavy atom. The van der Waals surface area contributed by atoms with Crippen molar-refractivity contribution in [3.05, 3.63) is 54.3 Å². The van der Waals surface area contributed by atoms with Crippen LogP contribution in [0.2, 0.25) is 0 Å². The van der Waals surface area contributed by atoms with Crippen molar-refractivity contribution < 1.29 is 9.26 Å². The van der Waals surface area contributed by atoms with Gasteiger partial charge >= 0.3 is 0 Å². The Bertz CT molecular complexity index is 1100. The maximum atomic E-state index is 5.97. The van der Waals surface area contributed by atoms with Gasteiger partial charge in [-0.3, -0.25) is 4.98 Å². The zero-order chi connectivity index (χ0) is 18.4. The van der Waals surface area contributed by atoms with Gasteiger partial charge in [0.05, 0.1) is 34.9 Å². The second-order valence-electron chi connectivity index (χ2n) is 7.83. The summed E-state index contributed by atoms with van der Waals surface area (Å²) in [6.45, 7) is 5.08. The first-order valence-electron chi connectivity index (χ1n) is 9.38. The van der Waals surface area contributed by atoms with E-state index in [2.05, 4.69) is 46.8 Å². The van der Waals surface area contributed by atoms with Gasteiger partial charge < -0.3 is 13.8 Å². The van der Waals surface area contributed by atoms with E-state index in [4.69, 9.17) is 14.2 Å². The molecular weight excluding hydrogens is 340 g/mol. The summed E-state index contributed by atoms with van der Waals surface area (Å²) in [6.07, 6.45) is 6.04. The van der Waals surface area contributed by atoms with Crippen LogP contribution in [0, 0.1) is 0 Å². The maximum absolute atomic E-state index is 5.97. The van der Waals surface area contributed by atoms with Gasteiger partial charge in [0.15, 0.2) is 0 Å². The largest absolute Gasteiger partial charge is 0.375 e. The van der Waals surface area contributed by atoms with Crippen molar-refractivity contribution in [2.75, 3.05) is 6.61 Å². The number of para-hydroxylation sites is 1. The molecule has 0 spiro atoms. The molecule has 0 bridgehead atoms. The number of pyridine rings is 1. The molecule has 0 aliphatic carbocycles. The zero-order valence-corrected chi connectivity index (χ0v) is 15.6. The molecule has 5 rings (SSSR count). The van der Waals surface area contributed by atoms with Crippen LogP contribution in [0.4, 0.5) is 0 Å². The molecule has 0 saturated carbocycles. The molecule has 0 N–H and O–H groups in total. The lowest BCUT2D eigenvalue weighted by atomic mass is 9.93. The third kappa shape index (κ3) is 2.90. The molecule has 1 aliphatic heterocycles. The third-order valence-corrected chi connectivity index (χ3v) is 5.36. The molecule has 1 unspecified atom stereocenters. The highest BCUT2D eigenvalue weighted by molar-refractivity contribution is 6.02. The van der Waals surface area contributed by atoms with Crippen LogP contribution in [0.25, 0.3) is 21.9 Å². The number of rotatable bonds is 3. The predicted molar refractivity (Wildman–Crippen MR) is 103 cm³/mol. The Kier molecular flexibility index (Phi) is 3.75. The quantitative estimate of drug-likeness (QED) is 0.544. The molecule has 138 valence electrons. The highest BCUT2D eigenvalue weighted by atomic mass is 16.5. The predicted octanol–water partition coefficient (Wildman–Crippen LogP) is 4.29. The zero-order valence-electron chi connectivity index (χ0n) is 15.6. The van der Waals surface area contributed by atoms with Gasteiger partial charge in [0, 0.05) is 24.1 Å². The molecule has 0 radical (unpaired) electrons. The summed E-state index contributed by atoms with van der Waals surface area (Å²) < 4.78 is 13.4. The van der Waals surface area contributed by atoms with E-state index >= 15 is 0 Å². The average Bonchev–Trinajstić information content (AvgIpc) is 3.28. The van der Waals surface area contributed by atoms with Crippen molar-refractivity contribution in [3.63, 3.8) is 0 Å². The molecule has 1 saturated heterocycles.